The molecule has 0 bridgehead atoms. The van der Waals surface area contributed by atoms with E-state index < -0.39 is 0 Å². The van der Waals surface area contributed by atoms with E-state index in [1.165, 1.54) is 0 Å². The Morgan fingerprint density at radius 3 is 2.33 bits per heavy atom. The van der Waals surface area contributed by atoms with Gasteiger partial charge in [0, 0.05) is 17.8 Å². The molecule has 27 heavy (non-hydrogen) atoms. The van der Waals surface area contributed by atoms with Gasteiger partial charge in [0.15, 0.2) is 5.78 Å². The fourth-order valence-electron chi connectivity index (χ4n) is 3.50. The largest absolute Gasteiger partial charge is 0.339 e. The molecule has 5 heteroatoms. The van der Waals surface area contributed by atoms with Gasteiger partial charge in [-0.2, -0.15) is 4.98 Å². The summed E-state index contributed by atoms with van der Waals surface area (Å²) in [6.07, 6.45) is 2.16. The zero-order valence-corrected chi connectivity index (χ0v) is 15.5. The fourth-order valence-corrected chi connectivity index (χ4v) is 3.50. The van der Waals surface area contributed by atoms with Crippen LogP contribution in [0.15, 0.2) is 48.5 Å². The molecule has 0 amide bonds. The number of benzene rings is 2. The minimum Gasteiger partial charge on any atom is -0.339 e. The highest BCUT2D eigenvalue weighted by molar-refractivity contribution is 6.03. The average molecular weight is 358 g/mol. The number of aryl methyl sites for hydroxylation is 3. The number of fused-ring (bicyclic) bond motifs is 1. The number of carbonyl (C=O) groups is 1. The number of para-hydroxylation sites is 1. The van der Waals surface area contributed by atoms with Crippen molar-refractivity contribution >= 4 is 28.9 Å². The molecule has 0 unspecified atom stereocenters. The van der Waals surface area contributed by atoms with Crippen LogP contribution >= 0.6 is 0 Å². The molecule has 0 spiro atoms. The van der Waals surface area contributed by atoms with Gasteiger partial charge < -0.3 is 10.6 Å². The zero-order chi connectivity index (χ0) is 18.8. The Kier molecular flexibility index (Phi) is 4.59. The van der Waals surface area contributed by atoms with E-state index in [-0.39, 0.29) is 5.78 Å². The minimum absolute atomic E-state index is 0.106. The normalized spacial score (nSPS) is 13.2. The second kappa shape index (κ2) is 7.19. The van der Waals surface area contributed by atoms with Crippen molar-refractivity contribution in [1.29, 1.82) is 0 Å². The third-order valence-electron chi connectivity index (χ3n) is 4.59. The van der Waals surface area contributed by atoms with E-state index in [2.05, 4.69) is 52.6 Å². The molecular weight excluding hydrogens is 336 g/mol. The maximum atomic E-state index is 12.6. The van der Waals surface area contributed by atoms with Crippen molar-refractivity contribution in [1.82, 2.24) is 9.97 Å². The number of hydrogen-bond acceptors (Lipinski definition) is 5. The highest BCUT2D eigenvalue weighted by atomic mass is 16.1. The first-order valence-electron chi connectivity index (χ1n) is 9.20. The number of carbonyl (C=O) groups excluding carboxylic acids is 1. The molecule has 0 saturated carbocycles. The maximum Gasteiger partial charge on any atom is 0.229 e. The number of hydrogen-bond donors (Lipinski definition) is 2. The first-order valence-corrected chi connectivity index (χ1v) is 9.20. The topological polar surface area (TPSA) is 66.9 Å². The van der Waals surface area contributed by atoms with Crippen molar-refractivity contribution in [3.8, 4) is 0 Å². The van der Waals surface area contributed by atoms with Crippen molar-refractivity contribution in [2.45, 2.75) is 33.1 Å². The molecule has 1 heterocycles. The van der Waals surface area contributed by atoms with Crippen LogP contribution in [0.1, 0.15) is 40.0 Å². The van der Waals surface area contributed by atoms with Crippen LogP contribution < -0.4 is 10.6 Å². The number of nitrogens with one attached hydrogen (secondary N) is 2. The summed E-state index contributed by atoms with van der Waals surface area (Å²) in [5, 5.41) is 6.60. The molecular formula is C22H22N4O. The van der Waals surface area contributed by atoms with E-state index >= 15 is 0 Å². The van der Waals surface area contributed by atoms with Crippen LogP contribution in [0.2, 0.25) is 0 Å². The molecule has 1 aliphatic rings. The molecule has 0 radical (unpaired) electrons. The van der Waals surface area contributed by atoms with Crippen molar-refractivity contribution in [2.24, 2.45) is 0 Å². The van der Waals surface area contributed by atoms with E-state index in [0.717, 1.165) is 41.0 Å². The average Bonchev–Trinajstić information content (AvgIpc) is 2.61. The van der Waals surface area contributed by atoms with E-state index in [1.807, 2.05) is 30.3 Å². The number of rotatable bonds is 4. The standard InChI is InChI=1S/C22H22N4O/c1-14-11-15(2)13-17(12-14)23-21-20-18(9-6-10-19(20)27)25-22(26-21)24-16-7-4-3-5-8-16/h3-5,7-8,11-13H,6,9-10H2,1-2H3,(H2,23,24,25,26). The number of ketones is 1. The van der Waals surface area contributed by atoms with Gasteiger partial charge in [-0.1, -0.05) is 24.3 Å². The summed E-state index contributed by atoms with van der Waals surface area (Å²) in [6, 6.07) is 16.0. The van der Waals surface area contributed by atoms with Crippen LogP contribution in [0.3, 0.4) is 0 Å². The van der Waals surface area contributed by atoms with Gasteiger partial charge in [-0.05, 0) is 62.1 Å². The Morgan fingerprint density at radius 2 is 1.59 bits per heavy atom. The lowest BCUT2D eigenvalue weighted by molar-refractivity contribution is 0.0972. The molecule has 0 fully saturated rings. The van der Waals surface area contributed by atoms with Crippen molar-refractivity contribution in [3.05, 3.63) is 70.9 Å². The predicted molar refractivity (Wildman–Crippen MR) is 108 cm³/mol. The third kappa shape index (κ3) is 3.82. The molecule has 1 aliphatic carbocycles. The lowest BCUT2D eigenvalue weighted by Crippen LogP contribution is -2.17. The van der Waals surface area contributed by atoms with E-state index in [4.69, 9.17) is 0 Å². The number of aromatic nitrogens is 2. The quantitative estimate of drug-likeness (QED) is 0.679. The third-order valence-corrected chi connectivity index (χ3v) is 4.59. The fraction of sp³-hybridized carbons (Fsp3) is 0.227. The van der Waals surface area contributed by atoms with Crippen LogP contribution in [0.25, 0.3) is 0 Å². The van der Waals surface area contributed by atoms with Gasteiger partial charge in [-0.15, -0.1) is 0 Å². The maximum absolute atomic E-state index is 12.6. The van der Waals surface area contributed by atoms with Crippen LogP contribution in [-0.4, -0.2) is 15.8 Å². The summed E-state index contributed by atoms with van der Waals surface area (Å²) < 4.78 is 0. The number of Topliss-reactive ketones (excluding diaryl/α,β-unsaturated/α-hetero) is 1. The summed E-state index contributed by atoms with van der Waals surface area (Å²) in [5.74, 6) is 1.18. The summed E-state index contributed by atoms with van der Waals surface area (Å²) in [5.41, 5.74) is 5.60. The smallest absolute Gasteiger partial charge is 0.229 e. The Hall–Kier alpha value is -3.21. The molecule has 136 valence electrons. The van der Waals surface area contributed by atoms with Crippen molar-refractivity contribution < 1.29 is 4.79 Å². The lowest BCUT2D eigenvalue weighted by atomic mass is 9.95. The van der Waals surface area contributed by atoms with Gasteiger partial charge in [-0.3, -0.25) is 4.79 Å². The SMILES string of the molecule is Cc1cc(C)cc(Nc2nc(Nc3ccccc3)nc3c2C(=O)CCC3)c1. The van der Waals surface area contributed by atoms with Gasteiger partial charge in [0.05, 0.1) is 11.3 Å². The first kappa shape index (κ1) is 17.2. The summed E-state index contributed by atoms with van der Waals surface area (Å²) >= 11 is 0. The Balaban J connectivity index is 1.75. The molecule has 5 nitrogen and oxygen atoms in total. The monoisotopic (exact) mass is 358 g/mol. The van der Waals surface area contributed by atoms with Crippen molar-refractivity contribution in [3.63, 3.8) is 0 Å². The second-order valence-corrected chi connectivity index (χ2v) is 6.99. The van der Waals surface area contributed by atoms with Gasteiger partial charge in [-0.25, -0.2) is 4.98 Å². The van der Waals surface area contributed by atoms with E-state index in [9.17, 15) is 4.79 Å². The Bertz CT molecular complexity index is 978. The lowest BCUT2D eigenvalue weighted by Gasteiger charge is -2.19. The van der Waals surface area contributed by atoms with E-state index in [0.29, 0.717) is 23.8 Å². The van der Waals surface area contributed by atoms with Crippen molar-refractivity contribution in [2.75, 3.05) is 10.6 Å². The Labute approximate surface area is 158 Å². The highest BCUT2D eigenvalue weighted by Gasteiger charge is 2.24. The molecule has 0 atom stereocenters. The molecule has 3 aromatic rings. The van der Waals surface area contributed by atoms with Gasteiger partial charge in [0.25, 0.3) is 0 Å². The van der Waals surface area contributed by atoms with Crippen LogP contribution in [0.5, 0.6) is 0 Å². The van der Waals surface area contributed by atoms with Crippen LogP contribution in [-0.2, 0) is 6.42 Å². The summed E-state index contributed by atoms with van der Waals surface area (Å²) in [6.45, 7) is 4.11. The molecule has 1 aromatic heterocycles. The summed E-state index contributed by atoms with van der Waals surface area (Å²) in [4.78, 5) is 21.8. The number of nitrogens with zero attached hydrogens (tertiary/aromatic N) is 2. The molecule has 0 aliphatic heterocycles. The van der Waals surface area contributed by atoms with Gasteiger partial charge in [0.2, 0.25) is 5.95 Å². The van der Waals surface area contributed by atoms with Gasteiger partial charge >= 0.3 is 0 Å². The predicted octanol–water partition coefficient (Wildman–Crippen LogP) is 5.10. The molecule has 2 N–H and O–H groups in total. The minimum atomic E-state index is 0.106. The first-order chi connectivity index (χ1) is 13.1. The Morgan fingerprint density at radius 1 is 0.852 bits per heavy atom. The molecule has 0 saturated heterocycles. The zero-order valence-electron chi connectivity index (χ0n) is 15.5. The number of anilines is 4. The molecule has 2 aromatic carbocycles. The highest BCUT2D eigenvalue weighted by Crippen LogP contribution is 2.30. The van der Waals surface area contributed by atoms with Crippen LogP contribution in [0, 0.1) is 13.8 Å². The van der Waals surface area contributed by atoms with E-state index in [1.54, 1.807) is 0 Å². The second-order valence-electron chi connectivity index (χ2n) is 6.99. The molecule has 4 rings (SSSR count). The summed E-state index contributed by atoms with van der Waals surface area (Å²) in [7, 11) is 0. The van der Waals surface area contributed by atoms with Crippen LogP contribution in [0.4, 0.5) is 23.1 Å². The van der Waals surface area contributed by atoms with Gasteiger partial charge in [0.1, 0.15) is 5.82 Å².